The Balaban J connectivity index is 1.48. The van der Waals surface area contributed by atoms with E-state index in [0.717, 1.165) is 29.6 Å². The van der Waals surface area contributed by atoms with Crippen LogP contribution in [-0.2, 0) is 0 Å². The normalized spacial score (nSPS) is 16.2. The predicted octanol–water partition coefficient (Wildman–Crippen LogP) is 2.58. The van der Waals surface area contributed by atoms with Crippen molar-refractivity contribution < 1.29 is 14.1 Å². The van der Waals surface area contributed by atoms with E-state index >= 15 is 0 Å². The smallest absolute Gasteiger partial charge is 0.251 e. The molecule has 1 atom stereocenters. The topological polar surface area (TPSA) is 46.7 Å². The van der Waals surface area contributed by atoms with Gasteiger partial charge < -0.3 is 14.6 Å². The lowest BCUT2D eigenvalue weighted by molar-refractivity contribution is -0.919. The monoisotopic (exact) mass is 335 g/mol. The summed E-state index contributed by atoms with van der Waals surface area (Å²) < 4.78 is 5.63. The van der Waals surface area contributed by atoms with Gasteiger partial charge in [0.2, 0.25) is 0 Å². The van der Waals surface area contributed by atoms with E-state index in [9.17, 15) is 4.79 Å². The zero-order valence-electron chi connectivity index (χ0n) is 14.2. The molecule has 3 aromatic rings. The van der Waals surface area contributed by atoms with Crippen molar-refractivity contribution in [3.05, 3.63) is 72.2 Å². The van der Waals surface area contributed by atoms with Crippen LogP contribution < -0.4 is 10.2 Å². The lowest BCUT2D eigenvalue weighted by Crippen LogP contribution is -3.11. The zero-order valence-corrected chi connectivity index (χ0v) is 14.2. The quantitative estimate of drug-likeness (QED) is 0.753. The Morgan fingerprint density at radius 2 is 1.84 bits per heavy atom. The van der Waals surface area contributed by atoms with Crippen LogP contribution in [0.15, 0.2) is 65.3 Å². The fourth-order valence-electron chi connectivity index (χ4n) is 3.74. The van der Waals surface area contributed by atoms with Gasteiger partial charge in [-0.05, 0) is 35.0 Å². The van der Waals surface area contributed by atoms with Crippen molar-refractivity contribution in [3.8, 4) is 0 Å². The maximum absolute atomic E-state index is 12.6. The second kappa shape index (κ2) is 7.11. The SMILES string of the molecule is O=C(NC[C@H](c1ccco1)[NH+]1CCCC1)c1ccc2ccccc2c1. The highest BCUT2D eigenvalue weighted by Gasteiger charge is 2.29. The van der Waals surface area contributed by atoms with E-state index in [-0.39, 0.29) is 11.9 Å². The first-order valence-corrected chi connectivity index (χ1v) is 8.96. The summed E-state index contributed by atoms with van der Waals surface area (Å²) in [6.07, 6.45) is 4.19. The number of nitrogens with one attached hydrogen (secondary N) is 2. The molecule has 1 fully saturated rings. The number of rotatable bonds is 5. The lowest BCUT2D eigenvalue weighted by atomic mass is 10.1. The average Bonchev–Trinajstić information content (AvgIpc) is 3.36. The second-order valence-corrected chi connectivity index (χ2v) is 6.71. The molecule has 1 aliphatic heterocycles. The minimum Gasteiger partial charge on any atom is -0.463 e. The minimum absolute atomic E-state index is 0.0269. The van der Waals surface area contributed by atoms with Crippen molar-refractivity contribution >= 4 is 16.7 Å². The number of quaternary nitrogens is 1. The van der Waals surface area contributed by atoms with Gasteiger partial charge in [-0.1, -0.05) is 30.3 Å². The molecule has 1 aromatic heterocycles. The molecule has 2 aromatic carbocycles. The number of hydrogen-bond donors (Lipinski definition) is 2. The van der Waals surface area contributed by atoms with E-state index in [1.165, 1.54) is 17.7 Å². The van der Waals surface area contributed by atoms with Crippen LogP contribution in [0.1, 0.15) is 35.0 Å². The molecule has 0 bridgehead atoms. The fourth-order valence-corrected chi connectivity index (χ4v) is 3.74. The number of likely N-dealkylation sites (tertiary alicyclic amines) is 1. The van der Waals surface area contributed by atoms with Gasteiger partial charge in [-0.15, -0.1) is 0 Å². The predicted molar refractivity (Wildman–Crippen MR) is 97.7 cm³/mol. The lowest BCUT2D eigenvalue weighted by Gasteiger charge is -2.23. The Morgan fingerprint density at radius 1 is 1.04 bits per heavy atom. The van der Waals surface area contributed by atoms with E-state index in [0.29, 0.717) is 12.1 Å². The molecule has 4 nitrogen and oxygen atoms in total. The van der Waals surface area contributed by atoms with Gasteiger partial charge in [0.05, 0.1) is 25.9 Å². The van der Waals surface area contributed by atoms with Gasteiger partial charge in [-0.25, -0.2) is 0 Å². The van der Waals surface area contributed by atoms with Crippen LogP contribution >= 0.6 is 0 Å². The summed E-state index contributed by atoms with van der Waals surface area (Å²) >= 11 is 0. The van der Waals surface area contributed by atoms with E-state index in [1.54, 1.807) is 6.26 Å². The van der Waals surface area contributed by atoms with Crippen molar-refractivity contribution in [1.82, 2.24) is 5.32 Å². The van der Waals surface area contributed by atoms with Gasteiger partial charge in [-0.3, -0.25) is 4.79 Å². The Labute approximate surface area is 147 Å². The molecule has 0 spiro atoms. The van der Waals surface area contributed by atoms with Crippen LogP contribution in [0.3, 0.4) is 0 Å². The summed E-state index contributed by atoms with van der Waals surface area (Å²) in [5.74, 6) is 0.927. The third-order valence-electron chi connectivity index (χ3n) is 5.10. The van der Waals surface area contributed by atoms with Crippen molar-refractivity contribution in [3.63, 3.8) is 0 Å². The van der Waals surface area contributed by atoms with E-state index in [4.69, 9.17) is 4.42 Å². The van der Waals surface area contributed by atoms with Gasteiger partial charge in [-0.2, -0.15) is 0 Å². The van der Waals surface area contributed by atoms with Crippen LogP contribution in [0.5, 0.6) is 0 Å². The molecule has 0 aliphatic carbocycles. The van der Waals surface area contributed by atoms with Gasteiger partial charge >= 0.3 is 0 Å². The van der Waals surface area contributed by atoms with E-state index in [2.05, 4.69) is 11.4 Å². The molecule has 4 rings (SSSR count). The molecule has 25 heavy (non-hydrogen) atoms. The Kier molecular flexibility index (Phi) is 4.53. The third kappa shape index (κ3) is 3.44. The number of amides is 1. The maximum Gasteiger partial charge on any atom is 0.251 e. The molecule has 128 valence electrons. The summed E-state index contributed by atoms with van der Waals surface area (Å²) in [4.78, 5) is 14.1. The minimum atomic E-state index is -0.0269. The maximum atomic E-state index is 12.6. The average molecular weight is 335 g/mol. The molecule has 1 amide bonds. The first-order valence-electron chi connectivity index (χ1n) is 8.96. The Hall–Kier alpha value is -2.59. The number of furan rings is 1. The number of fused-ring (bicyclic) bond motifs is 1. The number of carbonyl (C=O) groups is 1. The zero-order chi connectivity index (χ0) is 17.1. The first-order chi connectivity index (χ1) is 12.3. The number of benzene rings is 2. The molecular weight excluding hydrogens is 312 g/mol. The number of carbonyl (C=O) groups excluding carboxylic acids is 1. The molecule has 0 saturated carbocycles. The van der Waals surface area contributed by atoms with Crippen molar-refractivity contribution in [2.24, 2.45) is 0 Å². The van der Waals surface area contributed by atoms with Gasteiger partial charge in [0.25, 0.3) is 5.91 Å². The first kappa shape index (κ1) is 15.9. The Morgan fingerprint density at radius 3 is 2.60 bits per heavy atom. The van der Waals surface area contributed by atoms with Crippen molar-refractivity contribution in [2.75, 3.05) is 19.6 Å². The fraction of sp³-hybridized carbons (Fsp3) is 0.286. The second-order valence-electron chi connectivity index (χ2n) is 6.71. The molecule has 2 heterocycles. The van der Waals surface area contributed by atoms with Crippen LogP contribution in [0, 0.1) is 0 Å². The summed E-state index contributed by atoms with van der Waals surface area (Å²) in [5, 5.41) is 5.34. The van der Waals surface area contributed by atoms with Crippen LogP contribution in [0.25, 0.3) is 10.8 Å². The van der Waals surface area contributed by atoms with Gasteiger partial charge in [0.1, 0.15) is 0 Å². The Bertz CT molecular complexity index is 851. The standard InChI is InChI=1S/C21H22N2O2/c24-21(18-10-9-16-6-1-2-7-17(16)14-18)22-15-19(20-8-5-13-25-20)23-11-3-4-12-23/h1-2,5-10,13-14,19H,3-4,11-12,15H2,(H,22,24)/p+1/t19-/m1/s1. The third-order valence-corrected chi connectivity index (χ3v) is 5.10. The van der Waals surface area contributed by atoms with Crippen LogP contribution in [0.2, 0.25) is 0 Å². The van der Waals surface area contributed by atoms with E-state index < -0.39 is 0 Å². The molecule has 1 aliphatic rings. The molecule has 2 N–H and O–H groups in total. The molecule has 0 radical (unpaired) electrons. The van der Waals surface area contributed by atoms with Gasteiger partial charge in [0.15, 0.2) is 11.8 Å². The summed E-state index contributed by atoms with van der Waals surface area (Å²) in [6, 6.07) is 18.1. The van der Waals surface area contributed by atoms with E-state index in [1.807, 2.05) is 48.5 Å². The largest absolute Gasteiger partial charge is 0.463 e. The molecule has 0 unspecified atom stereocenters. The number of hydrogen-bond acceptors (Lipinski definition) is 2. The summed E-state index contributed by atoms with van der Waals surface area (Å²) in [7, 11) is 0. The highest BCUT2D eigenvalue weighted by molar-refractivity contribution is 5.98. The highest BCUT2D eigenvalue weighted by Crippen LogP contribution is 2.16. The van der Waals surface area contributed by atoms with Crippen LogP contribution in [0.4, 0.5) is 0 Å². The summed E-state index contributed by atoms with van der Waals surface area (Å²) in [6.45, 7) is 2.86. The molecular formula is C21H23N2O2+. The van der Waals surface area contributed by atoms with Crippen LogP contribution in [-0.4, -0.2) is 25.5 Å². The van der Waals surface area contributed by atoms with Crippen molar-refractivity contribution in [1.29, 1.82) is 0 Å². The summed E-state index contributed by atoms with van der Waals surface area (Å²) in [5.41, 5.74) is 0.702. The van der Waals surface area contributed by atoms with Gasteiger partial charge in [0, 0.05) is 18.4 Å². The van der Waals surface area contributed by atoms with Crippen molar-refractivity contribution in [2.45, 2.75) is 18.9 Å². The highest BCUT2D eigenvalue weighted by atomic mass is 16.3. The molecule has 4 heteroatoms. The molecule has 1 saturated heterocycles.